The summed E-state index contributed by atoms with van der Waals surface area (Å²) in [5.74, 6) is 0.623. The van der Waals surface area contributed by atoms with E-state index < -0.39 is 0 Å². The lowest BCUT2D eigenvalue weighted by Gasteiger charge is -2.17. The molecule has 0 atom stereocenters. The quantitative estimate of drug-likeness (QED) is 0.667. The Balaban J connectivity index is 1.85. The lowest BCUT2D eigenvalue weighted by Crippen LogP contribution is -2.20. The minimum Gasteiger partial charge on any atom is -0.342 e. The predicted molar refractivity (Wildman–Crippen MR) is 108 cm³/mol. The van der Waals surface area contributed by atoms with Gasteiger partial charge in [0.15, 0.2) is 0 Å². The largest absolute Gasteiger partial charge is 0.342 e. The van der Waals surface area contributed by atoms with Crippen LogP contribution in [0.4, 0.5) is 5.82 Å². The minimum atomic E-state index is -0.0532. The number of benzene rings is 1. The molecule has 0 aliphatic rings. The third-order valence-electron chi connectivity index (χ3n) is 4.13. The van der Waals surface area contributed by atoms with Crippen molar-refractivity contribution in [1.29, 1.82) is 0 Å². The Kier molecular flexibility index (Phi) is 5.05. The van der Waals surface area contributed by atoms with E-state index in [0.29, 0.717) is 12.2 Å². The summed E-state index contributed by atoms with van der Waals surface area (Å²) in [6, 6.07) is 11.9. The second-order valence-electron chi connectivity index (χ2n) is 7.92. The highest BCUT2D eigenvalue weighted by Gasteiger charge is 2.17. The van der Waals surface area contributed by atoms with Gasteiger partial charge in [0.1, 0.15) is 5.82 Å². The van der Waals surface area contributed by atoms with Crippen LogP contribution in [0.1, 0.15) is 38.3 Å². The molecule has 0 aliphatic heterocycles. The highest BCUT2D eigenvalue weighted by atomic mass is 35.5. The van der Waals surface area contributed by atoms with Crippen molar-refractivity contribution in [3.05, 3.63) is 58.7 Å². The SMILES string of the molecule is Cc1cc2c(ccn2Cc2cccc(Cl)c2)nc1NC(=O)CC(C)(C)C. The molecule has 136 valence electrons. The molecule has 0 saturated carbocycles. The van der Waals surface area contributed by atoms with Gasteiger partial charge >= 0.3 is 0 Å². The van der Waals surface area contributed by atoms with E-state index in [4.69, 9.17) is 11.6 Å². The number of carbonyl (C=O) groups excluding carboxylic acids is 1. The summed E-state index contributed by atoms with van der Waals surface area (Å²) >= 11 is 6.08. The fraction of sp³-hybridized carbons (Fsp3) is 0.333. The number of nitrogens with zero attached hydrogens (tertiary/aromatic N) is 2. The zero-order valence-electron chi connectivity index (χ0n) is 15.6. The fourth-order valence-corrected chi connectivity index (χ4v) is 3.17. The van der Waals surface area contributed by atoms with E-state index in [0.717, 1.165) is 33.7 Å². The predicted octanol–water partition coefficient (Wildman–Crippen LogP) is 5.42. The molecule has 0 saturated heterocycles. The lowest BCUT2D eigenvalue weighted by atomic mass is 9.92. The number of halogens is 1. The van der Waals surface area contributed by atoms with Gasteiger partial charge in [0.05, 0.1) is 11.0 Å². The highest BCUT2D eigenvalue weighted by molar-refractivity contribution is 6.30. The van der Waals surface area contributed by atoms with E-state index >= 15 is 0 Å². The number of anilines is 1. The van der Waals surface area contributed by atoms with Gasteiger partial charge in [0.25, 0.3) is 0 Å². The van der Waals surface area contributed by atoms with Crippen molar-refractivity contribution >= 4 is 34.4 Å². The molecule has 26 heavy (non-hydrogen) atoms. The number of aryl methyl sites for hydroxylation is 1. The van der Waals surface area contributed by atoms with Crippen LogP contribution in [0.5, 0.6) is 0 Å². The topological polar surface area (TPSA) is 46.9 Å². The van der Waals surface area contributed by atoms with Crippen LogP contribution in [0.2, 0.25) is 5.02 Å². The molecule has 3 rings (SSSR count). The van der Waals surface area contributed by atoms with E-state index in [2.05, 4.69) is 27.0 Å². The second kappa shape index (κ2) is 7.12. The molecule has 0 unspecified atom stereocenters. The number of hydrogen-bond acceptors (Lipinski definition) is 2. The third kappa shape index (κ3) is 4.44. The first-order valence-electron chi connectivity index (χ1n) is 8.72. The smallest absolute Gasteiger partial charge is 0.226 e. The number of carbonyl (C=O) groups is 1. The normalized spacial score (nSPS) is 11.7. The third-order valence-corrected chi connectivity index (χ3v) is 4.37. The molecule has 0 aliphatic carbocycles. The molecular formula is C21H24ClN3O. The van der Waals surface area contributed by atoms with Crippen molar-refractivity contribution in [1.82, 2.24) is 9.55 Å². The van der Waals surface area contributed by atoms with E-state index in [1.54, 1.807) is 0 Å². The maximum atomic E-state index is 12.2. The molecule has 3 aromatic rings. The van der Waals surface area contributed by atoms with Crippen LogP contribution in [0, 0.1) is 12.3 Å². The first-order valence-corrected chi connectivity index (χ1v) is 9.10. The molecule has 0 fully saturated rings. The standard InChI is InChI=1S/C21H24ClN3O/c1-14-10-18-17(23-20(14)24-19(26)12-21(2,3)4)8-9-25(18)13-15-6-5-7-16(22)11-15/h5-11H,12-13H2,1-4H3,(H,23,24,26). The summed E-state index contributed by atoms with van der Waals surface area (Å²) < 4.78 is 2.14. The number of pyridine rings is 1. The van der Waals surface area contributed by atoms with Gasteiger partial charge in [-0.2, -0.15) is 0 Å². The van der Waals surface area contributed by atoms with Crippen LogP contribution in [0.25, 0.3) is 11.0 Å². The molecular weight excluding hydrogens is 346 g/mol. The Morgan fingerprint density at radius 2 is 2.00 bits per heavy atom. The van der Waals surface area contributed by atoms with Crippen LogP contribution in [-0.2, 0) is 11.3 Å². The zero-order valence-corrected chi connectivity index (χ0v) is 16.4. The van der Waals surface area contributed by atoms with Gasteiger partial charge in [0, 0.05) is 24.2 Å². The van der Waals surface area contributed by atoms with Crippen LogP contribution in [-0.4, -0.2) is 15.5 Å². The molecule has 2 heterocycles. The molecule has 5 heteroatoms. The number of amides is 1. The van der Waals surface area contributed by atoms with Gasteiger partial charge in [-0.3, -0.25) is 4.79 Å². The Morgan fingerprint density at radius 3 is 2.69 bits per heavy atom. The van der Waals surface area contributed by atoms with Gasteiger partial charge in [0.2, 0.25) is 5.91 Å². The van der Waals surface area contributed by atoms with Crippen LogP contribution >= 0.6 is 11.6 Å². The molecule has 1 amide bonds. The van der Waals surface area contributed by atoms with Crippen LogP contribution in [0.15, 0.2) is 42.6 Å². The average Bonchev–Trinajstić information content (AvgIpc) is 2.88. The molecule has 0 bridgehead atoms. The summed E-state index contributed by atoms with van der Waals surface area (Å²) in [6.07, 6.45) is 2.47. The first kappa shape index (κ1) is 18.5. The summed E-state index contributed by atoms with van der Waals surface area (Å²) in [6.45, 7) is 8.83. The molecule has 2 aromatic heterocycles. The molecule has 1 aromatic carbocycles. The van der Waals surface area contributed by atoms with Crippen LogP contribution < -0.4 is 5.32 Å². The van der Waals surface area contributed by atoms with Crippen LogP contribution in [0.3, 0.4) is 0 Å². The van der Waals surface area contributed by atoms with Crippen molar-refractivity contribution < 1.29 is 4.79 Å². The zero-order chi connectivity index (χ0) is 18.9. The summed E-state index contributed by atoms with van der Waals surface area (Å²) in [7, 11) is 0. The van der Waals surface area contributed by atoms with Gasteiger partial charge in [-0.05, 0) is 47.7 Å². The van der Waals surface area contributed by atoms with Crippen molar-refractivity contribution in [2.75, 3.05) is 5.32 Å². The fourth-order valence-electron chi connectivity index (χ4n) is 2.96. The van der Waals surface area contributed by atoms with Crippen molar-refractivity contribution in [3.63, 3.8) is 0 Å². The monoisotopic (exact) mass is 369 g/mol. The number of rotatable bonds is 4. The lowest BCUT2D eigenvalue weighted by molar-refractivity contribution is -0.117. The average molecular weight is 370 g/mol. The van der Waals surface area contributed by atoms with E-state index in [-0.39, 0.29) is 11.3 Å². The van der Waals surface area contributed by atoms with Gasteiger partial charge in [-0.1, -0.05) is 44.5 Å². The summed E-state index contributed by atoms with van der Waals surface area (Å²) in [4.78, 5) is 16.9. The van der Waals surface area contributed by atoms with E-state index in [1.807, 2.05) is 58.2 Å². The molecule has 0 radical (unpaired) electrons. The maximum absolute atomic E-state index is 12.2. The Morgan fingerprint density at radius 1 is 1.23 bits per heavy atom. The summed E-state index contributed by atoms with van der Waals surface area (Å²) in [5.41, 5.74) is 3.93. The van der Waals surface area contributed by atoms with Crippen molar-refractivity contribution in [2.45, 2.75) is 40.7 Å². The molecule has 4 nitrogen and oxygen atoms in total. The number of aromatic nitrogens is 2. The second-order valence-corrected chi connectivity index (χ2v) is 8.35. The number of nitrogens with one attached hydrogen (secondary N) is 1. The number of fused-ring (bicyclic) bond motifs is 1. The van der Waals surface area contributed by atoms with E-state index in [1.165, 1.54) is 0 Å². The Labute approximate surface area is 159 Å². The minimum absolute atomic E-state index is 0.00851. The number of hydrogen-bond donors (Lipinski definition) is 1. The molecule has 1 N–H and O–H groups in total. The first-order chi connectivity index (χ1) is 12.2. The van der Waals surface area contributed by atoms with Crippen molar-refractivity contribution in [3.8, 4) is 0 Å². The van der Waals surface area contributed by atoms with E-state index in [9.17, 15) is 4.79 Å². The Bertz CT molecular complexity index is 954. The molecule has 0 spiro atoms. The van der Waals surface area contributed by atoms with Gasteiger partial charge in [-0.25, -0.2) is 4.98 Å². The van der Waals surface area contributed by atoms with Gasteiger partial charge in [-0.15, -0.1) is 0 Å². The highest BCUT2D eigenvalue weighted by Crippen LogP contribution is 2.24. The maximum Gasteiger partial charge on any atom is 0.226 e. The van der Waals surface area contributed by atoms with Gasteiger partial charge < -0.3 is 9.88 Å². The van der Waals surface area contributed by atoms with Crippen molar-refractivity contribution in [2.24, 2.45) is 5.41 Å². The summed E-state index contributed by atoms with van der Waals surface area (Å²) in [5, 5.41) is 3.68. The Hall–Kier alpha value is -2.33.